The zero-order chi connectivity index (χ0) is 18.3. The number of nitrogen functional groups attached to an aromatic ring is 1. The van der Waals surface area contributed by atoms with Crippen molar-refractivity contribution in [2.45, 2.75) is 13.8 Å². The number of carbonyl (C=O) groups is 2. The molecule has 0 saturated carbocycles. The number of nitrogens with two attached hydrogens (primary N) is 1. The molecule has 3 aromatic rings. The first-order valence-electron chi connectivity index (χ1n) is 7.35. The lowest BCUT2D eigenvalue weighted by Crippen LogP contribution is -2.16. The van der Waals surface area contributed by atoms with E-state index in [9.17, 15) is 14.4 Å². The number of hydrogen-bond acceptors (Lipinski definition) is 5. The Balaban J connectivity index is 2.05. The van der Waals surface area contributed by atoms with Crippen molar-refractivity contribution in [3.8, 4) is 0 Å². The number of hydrogen-bond donors (Lipinski definition) is 4. The van der Waals surface area contributed by atoms with Crippen LogP contribution in [0.2, 0.25) is 0 Å². The maximum atomic E-state index is 12.6. The molecule has 2 aromatic heterocycles. The zero-order valence-corrected chi connectivity index (χ0v) is 14.3. The van der Waals surface area contributed by atoms with Crippen LogP contribution in [0.5, 0.6) is 0 Å². The van der Waals surface area contributed by atoms with Crippen LogP contribution in [0, 0.1) is 13.8 Å². The van der Waals surface area contributed by atoms with E-state index in [0.29, 0.717) is 15.9 Å². The van der Waals surface area contributed by atoms with Crippen molar-refractivity contribution in [3.05, 3.63) is 56.2 Å². The minimum Gasteiger partial charge on any atom is -0.477 e. The topological polar surface area (TPSA) is 125 Å². The van der Waals surface area contributed by atoms with Gasteiger partial charge >= 0.3 is 5.97 Å². The number of amides is 1. The van der Waals surface area contributed by atoms with E-state index in [0.717, 1.165) is 22.5 Å². The average Bonchev–Trinajstić information content (AvgIpc) is 2.87. The summed E-state index contributed by atoms with van der Waals surface area (Å²) < 4.78 is 0. The summed E-state index contributed by atoms with van der Waals surface area (Å²) in [4.78, 5) is 38.5. The zero-order valence-electron chi connectivity index (χ0n) is 13.5. The predicted octanol–water partition coefficient (Wildman–Crippen LogP) is 2.74. The number of aryl methyl sites for hydroxylation is 1. The standard InChI is InChI=1S/C17H15N3O4S/c1-7-4-3-5-11(8(7)2)19-15(22)13-12(18)9-6-10(17(23)24)14(21)20-16(9)25-13/h3-6H,18H2,1-2H3,(H,19,22)(H,20,21)(H,23,24). The maximum Gasteiger partial charge on any atom is 0.341 e. The van der Waals surface area contributed by atoms with E-state index in [2.05, 4.69) is 10.3 Å². The van der Waals surface area contributed by atoms with Gasteiger partial charge in [-0.05, 0) is 37.1 Å². The number of carboxylic acids is 1. The van der Waals surface area contributed by atoms with Gasteiger partial charge in [0.1, 0.15) is 15.3 Å². The van der Waals surface area contributed by atoms with Crippen molar-refractivity contribution >= 4 is 44.8 Å². The van der Waals surface area contributed by atoms with Crippen LogP contribution in [0.1, 0.15) is 31.2 Å². The first-order chi connectivity index (χ1) is 11.8. The SMILES string of the molecule is Cc1cccc(NC(=O)c2sc3[nH]c(=O)c(C(=O)O)cc3c2N)c1C. The number of fused-ring (bicyclic) bond motifs is 1. The Labute approximate surface area is 146 Å². The Kier molecular flexibility index (Phi) is 4.05. The largest absolute Gasteiger partial charge is 0.477 e. The molecule has 0 unspecified atom stereocenters. The minimum atomic E-state index is -1.35. The fourth-order valence-corrected chi connectivity index (χ4v) is 3.46. The molecule has 0 atom stereocenters. The normalized spacial score (nSPS) is 10.8. The predicted molar refractivity (Wildman–Crippen MR) is 97.7 cm³/mol. The molecular formula is C17H15N3O4S. The third kappa shape index (κ3) is 2.87. The number of thiophene rings is 1. The molecule has 7 nitrogen and oxygen atoms in total. The van der Waals surface area contributed by atoms with Gasteiger partial charge in [0.05, 0.1) is 5.69 Å². The smallest absolute Gasteiger partial charge is 0.341 e. The van der Waals surface area contributed by atoms with Crippen LogP contribution in [0.25, 0.3) is 10.2 Å². The Bertz CT molecular complexity index is 1080. The molecule has 8 heteroatoms. The maximum absolute atomic E-state index is 12.6. The summed E-state index contributed by atoms with van der Waals surface area (Å²) in [5.41, 5.74) is 7.65. The molecule has 0 spiro atoms. The molecular weight excluding hydrogens is 342 g/mol. The Morgan fingerprint density at radius 3 is 2.68 bits per heavy atom. The Morgan fingerprint density at radius 1 is 1.28 bits per heavy atom. The summed E-state index contributed by atoms with van der Waals surface area (Å²) >= 11 is 1.01. The molecule has 1 amide bonds. The summed E-state index contributed by atoms with van der Waals surface area (Å²) in [7, 11) is 0. The van der Waals surface area contributed by atoms with E-state index >= 15 is 0 Å². The van der Waals surface area contributed by atoms with Crippen LogP contribution in [0.15, 0.2) is 29.1 Å². The number of carbonyl (C=O) groups excluding carboxylic acids is 1. The van der Waals surface area contributed by atoms with E-state index in [4.69, 9.17) is 10.8 Å². The number of rotatable bonds is 3. The number of H-pyrrole nitrogens is 1. The van der Waals surface area contributed by atoms with Crippen molar-refractivity contribution in [2.24, 2.45) is 0 Å². The molecule has 0 bridgehead atoms. The molecule has 5 N–H and O–H groups in total. The molecule has 0 fully saturated rings. The van der Waals surface area contributed by atoms with Gasteiger partial charge in [0, 0.05) is 11.1 Å². The number of nitrogens with one attached hydrogen (secondary N) is 2. The average molecular weight is 357 g/mol. The number of pyridine rings is 1. The summed E-state index contributed by atoms with van der Waals surface area (Å²) in [5, 5.41) is 12.2. The van der Waals surface area contributed by atoms with Gasteiger partial charge in [0.15, 0.2) is 0 Å². The number of carboxylic acid groups (broad SMARTS) is 1. The molecule has 0 aliphatic heterocycles. The summed E-state index contributed by atoms with van der Waals surface area (Å²) in [6.07, 6.45) is 0. The molecule has 2 heterocycles. The number of aromatic nitrogens is 1. The van der Waals surface area contributed by atoms with E-state index in [1.54, 1.807) is 6.07 Å². The fraction of sp³-hybridized carbons (Fsp3) is 0.118. The lowest BCUT2D eigenvalue weighted by molar-refractivity contribution is 0.0695. The number of aromatic amines is 1. The lowest BCUT2D eigenvalue weighted by atomic mass is 10.1. The van der Waals surface area contributed by atoms with Crippen LogP contribution in [-0.4, -0.2) is 22.0 Å². The summed E-state index contributed by atoms with van der Waals surface area (Å²) in [6.45, 7) is 3.84. The van der Waals surface area contributed by atoms with Gasteiger partial charge in [-0.1, -0.05) is 12.1 Å². The second kappa shape index (κ2) is 6.06. The van der Waals surface area contributed by atoms with E-state index in [1.807, 2.05) is 26.0 Å². The van der Waals surface area contributed by atoms with Crippen molar-refractivity contribution < 1.29 is 14.7 Å². The first-order valence-corrected chi connectivity index (χ1v) is 8.17. The van der Waals surface area contributed by atoms with Gasteiger partial charge in [-0.15, -0.1) is 11.3 Å². The molecule has 0 radical (unpaired) electrons. The van der Waals surface area contributed by atoms with Gasteiger partial charge in [-0.3, -0.25) is 9.59 Å². The van der Waals surface area contributed by atoms with Crippen molar-refractivity contribution in [1.82, 2.24) is 4.98 Å². The highest BCUT2D eigenvalue weighted by molar-refractivity contribution is 7.21. The highest BCUT2D eigenvalue weighted by atomic mass is 32.1. The van der Waals surface area contributed by atoms with Gasteiger partial charge in [0.2, 0.25) is 0 Å². The number of aromatic carboxylic acids is 1. The van der Waals surface area contributed by atoms with Crippen LogP contribution in [0.3, 0.4) is 0 Å². The minimum absolute atomic E-state index is 0.140. The summed E-state index contributed by atoms with van der Waals surface area (Å²) in [6, 6.07) is 6.75. The third-order valence-electron chi connectivity index (χ3n) is 4.03. The molecule has 25 heavy (non-hydrogen) atoms. The van der Waals surface area contributed by atoms with Gasteiger partial charge < -0.3 is 21.1 Å². The van der Waals surface area contributed by atoms with Crippen molar-refractivity contribution in [2.75, 3.05) is 11.1 Å². The van der Waals surface area contributed by atoms with Crippen LogP contribution >= 0.6 is 11.3 Å². The Morgan fingerprint density at radius 2 is 2.00 bits per heavy atom. The van der Waals surface area contributed by atoms with Gasteiger partial charge in [-0.2, -0.15) is 0 Å². The Hall–Kier alpha value is -3.13. The molecule has 1 aromatic carbocycles. The van der Waals surface area contributed by atoms with Crippen molar-refractivity contribution in [1.29, 1.82) is 0 Å². The fourth-order valence-electron chi connectivity index (χ4n) is 2.47. The van der Waals surface area contributed by atoms with Crippen molar-refractivity contribution in [3.63, 3.8) is 0 Å². The lowest BCUT2D eigenvalue weighted by Gasteiger charge is -2.09. The van der Waals surface area contributed by atoms with Gasteiger partial charge in [0.25, 0.3) is 11.5 Å². The highest BCUT2D eigenvalue weighted by Gasteiger charge is 2.20. The molecule has 0 saturated heterocycles. The molecule has 0 aliphatic carbocycles. The second-order valence-corrected chi connectivity index (χ2v) is 6.63. The first kappa shape index (κ1) is 16.7. The van der Waals surface area contributed by atoms with Gasteiger partial charge in [-0.25, -0.2) is 4.79 Å². The molecule has 3 rings (SSSR count). The number of anilines is 2. The number of benzene rings is 1. The quantitative estimate of drug-likeness (QED) is 0.573. The second-order valence-electron chi connectivity index (χ2n) is 5.61. The van der Waals surface area contributed by atoms with Crippen LogP contribution in [-0.2, 0) is 0 Å². The summed E-state index contributed by atoms with van der Waals surface area (Å²) in [5.74, 6) is -1.76. The van der Waals surface area contributed by atoms with Crippen LogP contribution < -0.4 is 16.6 Å². The van der Waals surface area contributed by atoms with E-state index < -0.39 is 23.0 Å². The van der Waals surface area contributed by atoms with E-state index in [-0.39, 0.29) is 10.6 Å². The monoisotopic (exact) mass is 357 g/mol. The molecule has 0 aliphatic rings. The highest BCUT2D eigenvalue weighted by Crippen LogP contribution is 2.33. The molecule has 128 valence electrons. The third-order valence-corrected chi connectivity index (χ3v) is 5.17. The van der Waals surface area contributed by atoms with E-state index in [1.165, 1.54) is 6.07 Å². The van der Waals surface area contributed by atoms with Crippen LogP contribution in [0.4, 0.5) is 11.4 Å².